The van der Waals surface area contributed by atoms with Gasteiger partial charge in [0.25, 0.3) is 0 Å². The van der Waals surface area contributed by atoms with Gasteiger partial charge in [-0.05, 0) is 24.3 Å². The summed E-state index contributed by atoms with van der Waals surface area (Å²) < 4.78 is 0. The summed E-state index contributed by atoms with van der Waals surface area (Å²) in [6, 6.07) is 12.6. The number of carbonyl (C=O) groups is 1. The van der Waals surface area contributed by atoms with Crippen LogP contribution in [0.3, 0.4) is 0 Å². The summed E-state index contributed by atoms with van der Waals surface area (Å²) in [7, 11) is 0. The number of anilines is 1. The predicted molar refractivity (Wildman–Crippen MR) is 78.1 cm³/mol. The fourth-order valence-corrected chi connectivity index (χ4v) is 2.02. The molecule has 0 radical (unpaired) electrons. The first-order chi connectivity index (χ1) is 10.2. The molecule has 0 atom stereocenters. The Morgan fingerprint density at radius 3 is 2.81 bits per heavy atom. The fourth-order valence-electron chi connectivity index (χ4n) is 2.02. The van der Waals surface area contributed by atoms with Crippen molar-refractivity contribution in [1.29, 1.82) is 0 Å². The van der Waals surface area contributed by atoms with Gasteiger partial charge in [0.2, 0.25) is 0 Å². The Balaban J connectivity index is 1.96. The van der Waals surface area contributed by atoms with E-state index in [9.17, 15) is 9.90 Å². The number of benzene rings is 1. The number of carboxylic acid groups (broad SMARTS) is 1. The SMILES string of the molecule is O=C(O)c1cc2ccccc2nc1NCc1cccnn1. The van der Waals surface area contributed by atoms with Crippen molar-refractivity contribution in [3.05, 3.63) is 59.9 Å². The van der Waals surface area contributed by atoms with Gasteiger partial charge < -0.3 is 10.4 Å². The number of hydrogen-bond donors (Lipinski definition) is 2. The van der Waals surface area contributed by atoms with Gasteiger partial charge in [-0.3, -0.25) is 0 Å². The van der Waals surface area contributed by atoms with Crippen LogP contribution in [0, 0.1) is 0 Å². The highest BCUT2D eigenvalue weighted by Gasteiger charge is 2.13. The van der Waals surface area contributed by atoms with E-state index in [-0.39, 0.29) is 5.56 Å². The summed E-state index contributed by atoms with van der Waals surface area (Å²) in [6.45, 7) is 0.361. The molecule has 2 aromatic heterocycles. The van der Waals surface area contributed by atoms with Gasteiger partial charge in [-0.25, -0.2) is 9.78 Å². The molecule has 0 aliphatic rings. The van der Waals surface area contributed by atoms with Gasteiger partial charge in [-0.1, -0.05) is 18.2 Å². The third-order valence-electron chi connectivity index (χ3n) is 3.02. The number of carboxylic acids is 1. The number of aromatic carboxylic acids is 1. The second-order valence-electron chi connectivity index (χ2n) is 4.45. The van der Waals surface area contributed by atoms with Crippen molar-refractivity contribution in [2.45, 2.75) is 6.54 Å². The molecule has 0 fully saturated rings. The highest BCUT2D eigenvalue weighted by molar-refractivity contribution is 5.98. The van der Waals surface area contributed by atoms with Gasteiger partial charge in [0.1, 0.15) is 11.4 Å². The summed E-state index contributed by atoms with van der Waals surface area (Å²) in [4.78, 5) is 15.7. The quantitative estimate of drug-likeness (QED) is 0.762. The van der Waals surface area contributed by atoms with Crippen LogP contribution in [0.1, 0.15) is 16.1 Å². The van der Waals surface area contributed by atoms with Crippen molar-refractivity contribution in [3.63, 3.8) is 0 Å². The van der Waals surface area contributed by atoms with E-state index < -0.39 is 5.97 Å². The summed E-state index contributed by atoms with van der Waals surface area (Å²) in [6.07, 6.45) is 1.58. The Hall–Kier alpha value is -3.02. The molecule has 21 heavy (non-hydrogen) atoms. The molecular formula is C15H12N4O2. The molecule has 0 aliphatic heterocycles. The molecule has 3 aromatic rings. The molecule has 6 nitrogen and oxygen atoms in total. The van der Waals surface area contributed by atoms with Crippen LogP contribution in [-0.2, 0) is 6.54 Å². The van der Waals surface area contributed by atoms with E-state index in [4.69, 9.17) is 0 Å². The maximum absolute atomic E-state index is 11.4. The zero-order valence-electron chi connectivity index (χ0n) is 11.0. The van der Waals surface area contributed by atoms with E-state index in [0.29, 0.717) is 18.1 Å². The minimum Gasteiger partial charge on any atom is -0.478 e. The van der Waals surface area contributed by atoms with E-state index in [0.717, 1.165) is 10.9 Å². The average Bonchev–Trinajstić information content (AvgIpc) is 2.53. The first kappa shape index (κ1) is 13.0. The maximum atomic E-state index is 11.4. The Morgan fingerprint density at radius 1 is 1.19 bits per heavy atom. The number of fused-ring (bicyclic) bond motifs is 1. The van der Waals surface area contributed by atoms with Gasteiger partial charge in [0.15, 0.2) is 0 Å². The number of nitrogens with one attached hydrogen (secondary N) is 1. The van der Waals surface area contributed by atoms with E-state index in [1.54, 1.807) is 18.3 Å². The van der Waals surface area contributed by atoms with Crippen LogP contribution in [0.5, 0.6) is 0 Å². The maximum Gasteiger partial charge on any atom is 0.339 e. The lowest BCUT2D eigenvalue weighted by Gasteiger charge is -2.09. The number of nitrogens with zero attached hydrogens (tertiary/aromatic N) is 3. The van der Waals surface area contributed by atoms with Gasteiger partial charge in [-0.2, -0.15) is 10.2 Å². The highest BCUT2D eigenvalue weighted by atomic mass is 16.4. The number of rotatable bonds is 4. The molecular weight excluding hydrogens is 268 g/mol. The zero-order chi connectivity index (χ0) is 14.7. The smallest absolute Gasteiger partial charge is 0.339 e. The Bertz CT molecular complexity index is 790. The van der Waals surface area contributed by atoms with Crippen LogP contribution in [0.4, 0.5) is 5.82 Å². The normalized spacial score (nSPS) is 10.5. The van der Waals surface area contributed by atoms with Gasteiger partial charge in [0, 0.05) is 11.6 Å². The van der Waals surface area contributed by atoms with Crippen LogP contribution in [-0.4, -0.2) is 26.3 Å². The largest absolute Gasteiger partial charge is 0.478 e. The highest BCUT2D eigenvalue weighted by Crippen LogP contribution is 2.20. The first-order valence-electron chi connectivity index (χ1n) is 6.37. The van der Waals surface area contributed by atoms with Crippen LogP contribution in [0.15, 0.2) is 48.7 Å². The van der Waals surface area contributed by atoms with E-state index >= 15 is 0 Å². The van der Waals surface area contributed by atoms with Crippen LogP contribution < -0.4 is 5.32 Å². The second-order valence-corrected chi connectivity index (χ2v) is 4.45. The van der Waals surface area contributed by atoms with E-state index in [1.165, 1.54) is 0 Å². The molecule has 0 spiro atoms. The van der Waals surface area contributed by atoms with E-state index in [1.807, 2.05) is 30.3 Å². The lowest BCUT2D eigenvalue weighted by Crippen LogP contribution is -2.09. The lowest BCUT2D eigenvalue weighted by molar-refractivity contribution is 0.0697. The third-order valence-corrected chi connectivity index (χ3v) is 3.02. The number of para-hydroxylation sites is 1. The molecule has 1 aromatic carbocycles. The predicted octanol–water partition coefficient (Wildman–Crippen LogP) is 2.34. The van der Waals surface area contributed by atoms with Crippen molar-refractivity contribution < 1.29 is 9.90 Å². The van der Waals surface area contributed by atoms with Crippen molar-refractivity contribution in [3.8, 4) is 0 Å². The molecule has 2 heterocycles. The standard InChI is InChI=1S/C15H12N4O2/c20-15(21)12-8-10-4-1-2-6-13(10)18-14(12)16-9-11-5-3-7-17-19-11/h1-8H,9H2,(H,16,18)(H,20,21). The van der Waals surface area contributed by atoms with Crippen LogP contribution in [0.25, 0.3) is 10.9 Å². The lowest BCUT2D eigenvalue weighted by atomic mass is 10.1. The van der Waals surface area contributed by atoms with Gasteiger partial charge >= 0.3 is 5.97 Å². The van der Waals surface area contributed by atoms with Gasteiger partial charge in [0.05, 0.1) is 17.8 Å². The molecule has 3 rings (SSSR count). The Morgan fingerprint density at radius 2 is 2.05 bits per heavy atom. The zero-order valence-corrected chi connectivity index (χ0v) is 11.0. The van der Waals surface area contributed by atoms with Crippen LogP contribution >= 0.6 is 0 Å². The molecule has 0 saturated carbocycles. The summed E-state index contributed by atoms with van der Waals surface area (Å²) in [5, 5.41) is 20.8. The van der Waals surface area contributed by atoms with Crippen LogP contribution in [0.2, 0.25) is 0 Å². The molecule has 2 N–H and O–H groups in total. The van der Waals surface area contributed by atoms with Crippen molar-refractivity contribution >= 4 is 22.7 Å². The molecule has 6 heteroatoms. The molecule has 0 unspecified atom stereocenters. The Labute approximate surface area is 120 Å². The molecule has 0 amide bonds. The van der Waals surface area contributed by atoms with Gasteiger partial charge in [-0.15, -0.1) is 0 Å². The van der Waals surface area contributed by atoms with Crippen molar-refractivity contribution in [2.75, 3.05) is 5.32 Å². The molecule has 0 bridgehead atoms. The fraction of sp³-hybridized carbons (Fsp3) is 0.0667. The summed E-state index contributed by atoms with van der Waals surface area (Å²) in [5.41, 5.74) is 1.59. The Kier molecular flexibility index (Phi) is 3.42. The minimum atomic E-state index is -1.02. The first-order valence-corrected chi connectivity index (χ1v) is 6.37. The summed E-state index contributed by atoms with van der Waals surface area (Å²) in [5.74, 6) is -0.693. The monoisotopic (exact) mass is 280 g/mol. The van der Waals surface area contributed by atoms with Crippen molar-refractivity contribution in [1.82, 2.24) is 15.2 Å². The minimum absolute atomic E-state index is 0.137. The number of hydrogen-bond acceptors (Lipinski definition) is 5. The molecule has 0 aliphatic carbocycles. The average molecular weight is 280 g/mol. The number of aromatic nitrogens is 3. The van der Waals surface area contributed by atoms with Crippen molar-refractivity contribution in [2.24, 2.45) is 0 Å². The molecule has 0 saturated heterocycles. The topological polar surface area (TPSA) is 88.0 Å². The van der Waals surface area contributed by atoms with E-state index in [2.05, 4.69) is 20.5 Å². The summed E-state index contributed by atoms with van der Waals surface area (Å²) >= 11 is 0. The molecule has 104 valence electrons. The third kappa shape index (κ3) is 2.79. The number of pyridine rings is 1. The second kappa shape index (κ2) is 5.54.